The molecule has 37 heavy (non-hydrogen) atoms. The van der Waals surface area contributed by atoms with Gasteiger partial charge in [0.2, 0.25) is 0 Å². The highest BCUT2D eigenvalue weighted by Crippen LogP contribution is 2.28. The molecule has 1 fully saturated rings. The van der Waals surface area contributed by atoms with Gasteiger partial charge >= 0.3 is 6.03 Å². The van der Waals surface area contributed by atoms with E-state index in [1.165, 1.54) is 11.8 Å². The van der Waals surface area contributed by atoms with Crippen LogP contribution < -0.4 is 10.6 Å². The number of nitrogens with zero attached hydrogens (tertiary/aromatic N) is 3. The number of hydrogen-bond acceptors (Lipinski definition) is 7. The number of hydrogen-bond donors (Lipinski definition) is 2. The summed E-state index contributed by atoms with van der Waals surface area (Å²) in [5.74, 6) is 0.642. The van der Waals surface area contributed by atoms with E-state index in [2.05, 4.69) is 29.6 Å². The van der Waals surface area contributed by atoms with Crippen molar-refractivity contribution in [3.63, 3.8) is 0 Å². The van der Waals surface area contributed by atoms with E-state index in [9.17, 15) is 14.4 Å². The van der Waals surface area contributed by atoms with Crippen LogP contribution in [0.25, 0.3) is 0 Å². The fraction of sp³-hybridized carbons (Fsp3) is 0.630. The first-order valence-corrected chi connectivity index (χ1v) is 14.1. The Bertz CT molecular complexity index is 991. The van der Waals surface area contributed by atoms with Crippen LogP contribution in [0, 0.1) is 12.8 Å². The second-order valence-electron chi connectivity index (χ2n) is 10.6. The number of benzene rings is 1. The molecule has 204 valence electrons. The van der Waals surface area contributed by atoms with Gasteiger partial charge in [-0.25, -0.2) is 4.79 Å². The maximum atomic E-state index is 13.6. The second-order valence-corrected chi connectivity index (χ2v) is 11.7. The first kappa shape index (κ1) is 29.0. The lowest BCUT2D eigenvalue weighted by Crippen LogP contribution is -2.64. The van der Waals surface area contributed by atoms with Crippen molar-refractivity contribution in [2.75, 3.05) is 26.4 Å². The van der Waals surface area contributed by atoms with Crippen LogP contribution in [0.2, 0.25) is 0 Å². The first-order valence-electron chi connectivity index (χ1n) is 13.1. The average Bonchev–Trinajstić information content (AvgIpc) is 3.27. The molecule has 1 unspecified atom stereocenters. The van der Waals surface area contributed by atoms with Gasteiger partial charge in [0, 0.05) is 24.3 Å². The molecular weight excluding hydrogens is 490 g/mol. The summed E-state index contributed by atoms with van der Waals surface area (Å²) in [6, 6.07) is 6.82. The van der Waals surface area contributed by atoms with Crippen molar-refractivity contribution in [2.45, 2.75) is 77.6 Å². The quantitative estimate of drug-likeness (QED) is 0.436. The predicted molar refractivity (Wildman–Crippen MR) is 147 cm³/mol. The highest BCUT2D eigenvalue weighted by Gasteiger charge is 2.42. The number of carbonyl (C=O) groups is 3. The summed E-state index contributed by atoms with van der Waals surface area (Å²) < 4.78 is 5.88. The van der Waals surface area contributed by atoms with E-state index in [0.717, 1.165) is 36.4 Å². The molecule has 1 aliphatic carbocycles. The van der Waals surface area contributed by atoms with Gasteiger partial charge < -0.3 is 20.3 Å². The maximum Gasteiger partial charge on any atom is 0.343 e. The molecule has 0 radical (unpaired) electrons. The van der Waals surface area contributed by atoms with Crippen molar-refractivity contribution in [3.05, 3.63) is 35.4 Å². The van der Waals surface area contributed by atoms with Crippen molar-refractivity contribution in [1.82, 2.24) is 20.5 Å². The van der Waals surface area contributed by atoms with Gasteiger partial charge in [0.15, 0.2) is 5.78 Å². The SMILES string of the molecule is Cc1cccc(C(=O)NC2(NC(=O)N3N=C(SCCN(C)C)OC3C(=O)CCC(C)C)CCCCC2)c1. The number of nitrogens with one attached hydrogen (secondary N) is 2. The Hall–Kier alpha value is -2.59. The molecule has 0 saturated heterocycles. The lowest BCUT2D eigenvalue weighted by molar-refractivity contribution is -0.131. The standard InChI is InChI=1S/C27H41N5O4S/c1-19(2)12-13-22(33)24-32(30-26(36-24)37-17-16-31(4)5)25(35)29-27(14-7-6-8-15-27)28-23(34)21-11-9-10-20(3)18-21/h9-11,18-19,24H,6-8,12-17H2,1-5H3,(H,28,34)(H,29,35). The molecule has 1 saturated carbocycles. The third kappa shape index (κ3) is 8.46. The van der Waals surface area contributed by atoms with Crippen molar-refractivity contribution in [1.29, 1.82) is 0 Å². The lowest BCUT2D eigenvalue weighted by Gasteiger charge is -2.39. The topological polar surface area (TPSA) is 103 Å². The highest BCUT2D eigenvalue weighted by molar-refractivity contribution is 8.13. The minimum absolute atomic E-state index is 0.183. The summed E-state index contributed by atoms with van der Waals surface area (Å²) in [4.78, 5) is 41.8. The number of amides is 3. The Morgan fingerprint density at radius 1 is 1.19 bits per heavy atom. The Morgan fingerprint density at radius 3 is 2.57 bits per heavy atom. The van der Waals surface area contributed by atoms with Crippen molar-refractivity contribution >= 4 is 34.7 Å². The van der Waals surface area contributed by atoms with Crippen molar-refractivity contribution < 1.29 is 19.1 Å². The van der Waals surface area contributed by atoms with E-state index in [4.69, 9.17) is 4.74 Å². The zero-order chi connectivity index (χ0) is 27.0. The number of aryl methyl sites for hydroxylation is 1. The van der Waals surface area contributed by atoms with Crippen LogP contribution in [-0.2, 0) is 9.53 Å². The van der Waals surface area contributed by atoms with Gasteiger partial charge in [0.1, 0.15) is 5.66 Å². The van der Waals surface area contributed by atoms with E-state index in [-0.39, 0.29) is 11.7 Å². The van der Waals surface area contributed by atoms with Gasteiger partial charge in [-0.2, -0.15) is 5.01 Å². The molecule has 1 atom stereocenters. The fourth-order valence-corrected chi connectivity index (χ4v) is 5.31. The molecule has 1 aliphatic heterocycles. The number of rotatable bonds is 10. The molecule has 0 aromatic heterocycles. The molecule has 3 amide bonds. The Morgan fingerprint density at radius 2 is 1.92 bits per heavy atom. The average molecular weight is 532 g/mol. The predicted octanol–water partition coefficient (Wildman–Crippen LogP) is 4.32. The van der Waals surface area contributed by atoms with Gasteiger partial charge in [-0.15, -0.1) is 5.10 Å². The normalized spacial score (nSPS) is 18.9. The molecule has 10 heteroatoms. The number of ketones is 1. The van der Waals surface area contributed by atoms with Crippen molar-refractivity contribution in [3.8, 4) is 0 Å². The molecule has 1 aromatic carbocycles. The van der Waals surface area contributed by atoms with Crippen LogP contribution in [0.15, 0.2) is 29.4 Å². The van der Waals surface area contributed by atoms with Gasteiger partial charge in [-0.3, -0.25) is 9.59 Å². The van der Waals surface area contributed by atoms with Crippen molar-refractivity contribution in [2.24, 2.45) is 11.0 Å². The zero-order valence-corrected chi connectivity index (χ0v) is 23.5. The van der Waals surface area contributed by atoms with Crippen LogP contribution in [-0.4, -0.2) is 71.1 Å². The van der Waals surface area contributed by atoms with Crippen LogP contribution in [0.4, 0.5) is 4.79 Å². The number of Topliss-reactive ketones (excluding diaryl/α,β-unsaturated/α-hetero) is 1. The molecule has 9 nitrogen and oxygen atoms in total. The minimum atomic E-state index is -1.10. The maximum absolute atomic E-state index is 13.6. The van der Waals surface area contributed by atoms with E-state index in [1.54, 1.807) is 6.07 Å². The molecule has 1 aromatic rings. The first-order chi connectivity index (χ1) is 17.6. The fourth-order valence-electron chi connectivity index (χ4n) is 4.37. The Labute approximate surface area is 224 Å². The minimum Gasteiger partial charge on any atom is -0.438 e. The zero-order valence-electron chi connectivity index (χ0n) is 22.7. The summed E-state index contributed by atoms with van der Waals surface area (Å²) in [5.41, 5.74) is 0.612. The summed E-state index contributed by atoms with van der Waals surface area (Å²) in [7, 11) is 3.95. The smallest absolute Gasteiger partial charge is 0.343 e. The number of carbonyl (C=O) groups excluding carboxylic acids is 3. The molecular formula is C27H41N5O4S. The Balaban J connectivity index is 1.77. The third-order valence-corrected chi connectivity index (χ3v) is 7.34. The number of hydrazone groups is 1. The van der Waals surface area contributed by atoms with E-state index >= 15 is 0 Å². The number of thioether (sulfide) groups is 1. The number of ether oxygens (including phenoxy) is 1. The van der Waals surface area contributed by atoms with E-state index < -0.39 is 17.9 Å². The molecule has 0 bridgehead atoms. The third-order valence-electron chi connectivity index (χ3n) is 6.53. The van der Waals surface area contributed by atoms with Gasteiger partial charge in [0.25, 0.3) is 17.4 Å². The monoisotopic (exact) mass is 531 g/mol. The summed E-state index contributed by atoms with van der Waals surface area (Å²) in [5, 5.41) is 11.9. The van der Waals surface area contributed by atoms with Gasteiger partial charge in [-0.05, 0) is 71.2 Å². The largest absolute Gasteiger partial charge is 0.438 e. The summed E-state index contributed by atoms with van der Waals surface area (Å²) in [6.07, 6.45) is 3.88. The van der Waals surface area contributed by atoms with E-state index in [1.807, 2.05) is 44.1 Å². The lowest BCUT2D eigenvalue weighted by atomic mass is 9.88. The van der Waals surface area contributed by atoms with E-state index in [0.29, 0.717) is 48.1 Å². The second kappa shape index (κ2) is 13.3. The molecule has 1 heterocycles. The Kier molecular flexibility index (Phi) is 10.4. The molecule has 2 aliphatic rings. The molecule has 3 rings (SSSR count). The van der Waals surface area contributed by atoms with Crippen LogP contribution in [0.5, 0.6) is 0 Å². The molecule has 2 N–H and O–H groups in total. The number of urea groups is 1. The summed E-state index contributed by atoms with van der Waals surface area (Å²) in [6.45, 7) is 6.84. The van der Waals surface area contributed by atoms with Crippen LogP contribution in [0.3, 0.4) is 0 Å². The summed E-state index contributed by atoms with van der Waals surface area (Å²) >= 11 is 1.38. The van der Waals surface area contributed by atoms with Gasteiger partial charge in [-0.1, -0.05) is 49.7 Å². The molecule has 0 spiro atoms. The highest BCUT2D eigenvalue weighted by atomic mass is 32.2. The van der Waals surface area contributed by atoms with Crippen LogP contribution in [0.1, 0.15) is 74.7 Å². The van der Waals surface area contributed by atoms with Gasteiger partial charge in [0.05, 0.1) is 0 Å². The van der Waals surface area contributed by atoms with Crippen LogP contribution >= 0.6 is 11.8 Å².